The van der Waals surface area contributed by atoms with Crippen LogP contribution in [0.5, 0.6) is 0 Å². The number of rotatable bonds is 4. The topological polar surface area (TPSA) is 115 Å². The third-order valence-corrected chi connectivity index (χ3v) is 9.70. The van der Waals surface area contributed by atoms with E-state index in [2.05, 4.69) is 0 Å². The molecule has 36 heavy (non-hydrogen) atoms. The lowest BCUT2D eigenvalue weighted by Gasteiger charge is -2.36. The molecule has 10 nitrogen and oxygen atoms in total. The highest BCUT2D eigenvalue weighted by molar-refractivity contribution is 6.09. The molecule has 0 aromatic heterocycles. The lowest BCUT2D eigenvalue weighted by atomic mass is 9.85. The molecule has 8 atom stereocenters. The fourth-order valence-electron chi connectivity index (χ4n) is 7.92. The molecule has 0 radical (unpaired) electrons. The number of nitrogens with zero attached hydrogens (tertiary/aromatic N) is 4. The van der Waals surface area contributed by atoms with E-state index in [4.69, 9.17) is 0 Å². The molecule has 0 aromatic carbocycles. The number of fused-ring (bicyclic) bond motifs is 10. The Kier molecular flexibility index (Phi) is 4.63. The molecule has 2 saturated carbocycles. The molecule has 3 saturated heterocycles. The summed E-state index contributed by atoms with van der Waals surface area (Å²) in [6.07, 6.45) is 9.78. The largest absolute Gasteiger partial charge is 0.338 e. The summed E-state index contributed by atoms with van der Waals surface area (Å²) in [5, 5.41) is 0. The van der Waals surface area contributed by atoms with E-state index in [-0.39, 0.29) is 122 Å². The number of piperazine rings is 1. The summed E-state index contributed by atoms with van der Waals surface area (Å²) in [4.78, 5) is 82.7. The van der Waals surface area contributed by atoms with Gasteiger partial charge in [0.05, 0.1) is 23.7 Å². The number of likely N-dealkylation sites (tertiary alicyclic amines) is 2. The number of hydrogen-bond acceptors (Lipinski definition) is 6. The summed E-state index contributed by atoms with van der Waals surface area (Å²) in [6, 6.07) is 0. The number of carbonyl (C=O) groups excluding carboxylic acids is 6. The molecule has 6 amide bonds. The average Bonchev–Trinajstić information content (AvgIpc) is 3.72. The van der Waals surface area contributed by atoms with Gasteiger partial charge in [-0.1, -0.05) is 24.3 Å². The number of carbonyl (C=O) groups is 6. The Morgan fingerprint density at radius 1 is 0.556 bits per heavy atom. The van der Waals surface area contributed by atoms with E-state index < -0.39 is 0 Å². The number of amides is 6. The van der Waals surface area contributed by atoms with Gasteiger partial charge in [0.1, 0.15) is 13.1 Å². The molecule has 5 fully saturated rings. The first-order valence-corrected chi connectivity index (χ1v) is 13.0. The Hall–Kier alpha value is -3.30. The van der Waals surface area contributed by atoms with Gasteiger partial charge in [-0.3, -0.25) is 38.6 Å². The van der Waals surface area contributed by atoms with Crippen LogP contribution in [0.3, 0.4) is 0 Å². The van der Waals surface area contributed by atoms with Crippen molar-refractivity contribution in [3.8, 4) is 0 Å². The SMILES string of the molecule is O=C(CN1C(=O)[C@@H]2[C@H](C1=O)[C@H]1C=C[C@H]2C1)N1CCN(C(=O)CN2C(=O)[C@@H]3[C@H](C2=O)[C@H]2C=C[C@H]3C2)CC1. The minimum Gasteiger partial charge on any atom is -0.338 e. The monoisotopic (exact) mass is 492 g/mol. The predicted octanol–water partition coefficient (Wildman–Crippen LogP) is -0.729. The molecule has 4 aliphatic carbocycles. The van der Waals surface area contributed by atoms with Gasteiger partial charge in [0.25, 0.3) is 0 Å². The van der Waals surface area contributed by atoms with Crippen LogP contribution in [0, 0.1) is 47.3 Å². The zero-order valence-electron chi connectivity index (χ0n) is 19.8. The summed E-state index contributed by atoms with van der Waals surface area (Å²) in [5.74, 6) is -2.44. The second-order valence-electron chi connectivity index (χ2n) is 11.3. The molecule has 0 unspecified atom stereocenters. The maximum atomic E-state index is 12.9. The molecule has 0 spiro atoms. The van der Waals surface area contributed by atoms with Crippen LogP contribution in [-0.4, -0.2) is 94.3 Å². The fourth-order valence-corrected chi connectivity index (χ4v) is 7.92. The maximum absolute atomic E-state index is 12.9. The van der Waals surface area contributed by atoms with Crippen LogP contribution in [0.25, 0.3) is 0 Å². The summed E-state index contributed by atoms with van der Waals surface area (Å²) in [7, 11) is 0. The van der Waals surface area contributed by atoms with Gasteiger partial charge in [-0.05, 0) is 36.5 Å². The molecule has 0 aromatic rings. The lowest BCUT2D eigenvalue weighted by molar-refractivity contribution is -0.150. The highest BCUT2D eigenvalue weighted by atomic mass is 16.2. The molecular formula is C26H28N4O6. The van der Waals surface area contributed by atoms with Gasteiger partial charge in [-0.2, -0.15) is 0 Å². The smallest absolute Gasteiger partial charge is 0.242 e. The van der Waals surface area contributed by atoms with Crippen molar-refractivity contribution in [1.82, 2.24) is 19.6 Å². The second-order valence-corrected chi connectivity index (χ2v) is 11.3. The standard InChI is InChI=1S/C26H28N4O6/c31-17(11-29-23(33)19-13-1-2-14(9-13)20(19)24(29)34)27-5-7-28(8-6-27)18(32)12-30-25(35)21-15-3-4-16(10-15)22(21)26(30)36/h1-4,13-16,19-22H,5-12H2/t13-,14-,15-,16-,19-,20+,21-,22+/m0/s1. The fraction of sp³-hybridized carbons (Fsp3) is 0.615. The van der Waals surface area contributed by atoms with E-state index >= 15 is 0 Å². The molecule has 3 heterocycles. The zero-order valence-corrected chi connectivity index (χ0v) is 19.8. The first kappa shape index (κ1) is 21.9. The van der Waals surface area contributed by atoms with Crippen molar-refractivity contribution in [2.75, 3.05) is 39.3 Å². The van der Waals surface area contributed by atoms with Crippen LogP contribution in [0.2, 0.25) is 0 Å². The lowest BCUT2D eigenvalue weighted by Crippen LogP contribution is -2.55. The third-order valence-electron chi connectivity index (χ3n) is 9.70. The third kappa shape index (κ3) is 2.90. The molecule has 3 aliphatic heterocycles. The average molecular weight is 493 g/mol. The second kappa shape index (κ2) is 7.60. The van der Waals surface area contributed by atoms with Crippen molar-refractivity contribution in [2.45, 2.75) is 12.8 Å². The van der Waals surface area contributed by atoms with E-state index in [1.165, 1.54) is 0 Å². The van der Waals surface area contributed by atoms with Gasteiger partial charge in [0.2, 0.25) is 35.4 Å². The van der Waals surface area contributed by atoms with Crippen LogP contribution in [-0.2, 0) is 28.8 Å². The van der Waals surface area contributed by atoms with E-state index in [0.29, 0.717) is 0 Å². The van der Waals surface area contributed by atoms with E-state index in [9.17, 15) is 28.8 Å². The summed E-state index contributed by atoms with van der Waals surface area (Å²) >= 11 is 0. The van der Waals surface area contributed by atoms with Gasteiger partial charge < -0.3 is 9.80 Å². The van der Waals surface area contributed by atoms with Crippen molar-refractivity contribution in [3.63, 3.8) is 0 Å². The quantitative estimate of drug-likeness (QED) is 0.378. The van der Waals surface area contributed by atoms with Crippen molar-refractivity contribution in [3.05, 3.63) is 24.3 Å². The van der Waals surface area contributed by atoms with Crippen LogP contribution in [0.1, 0.15) is 12.8 Å². The molecule has 188 valence electrons. The van der Waals surface area contributed by atoms with Crippen molar-refractivity contribution in [1.29, 1.82) is 0 Å². The van der Waals surface area contributed by atoms with E-state index in [1.54, 1.807) is 9.80 Å². The van der Waals surface area contributed by atoms with Crippen LogP contribution in [0.15, 0.2) is 24.3 Å². The predicted molar refractivity (Wildman–Crippen MR) is 122 cm³/mol. The minimum atomic E-state index is -0.323. The number of allylic oxidation sites excluding steroid dienone is 4. The molecule has 7 aliphatic rings. The number of hydrogen-bond donors (Lipinski definition) is 0. The zero-order chi connectivity index (χ0) is 24.9. The van der Waals surface area contributed by atoms with Gasteiger partial charge >= 0.3 is 0 Å². The van der Waals surface area contributed by atoms with Gasteiger partial charge in [-0.15, -0.1) is 0 Å². The van der Waals surface area contributed by atoms with Crippen LogP contribution >= 0.6 is 0 Å². The molecule has 4 bridgehead atoms. The van der Waals surface area contributed by atoms with Crippen LogP contribution in [0.4, 0.5) is 0 Å². The number of imide groups is 2. The Bertz CT molecular complexity index is 1020. The van der Waals surface area contributed by atoms with E-state index in [0.717, 1.165) is 22.6 Å². The van der Waals surface area contributed by atoms with Gasteiger partial charge in [-0.25, -0.2) is 0 Å². The Morgan fingerprint density at radius 2 is 0.833 bits per heavy atom. The highest BCUT2D eigenvalue weighted by Crippen LogP contribution is 2.53. The Labute approximate surface area is 207 Å². The highest BCUT2D eigenvalue weighted by Gasteiger charge is 2.60. The van der Waals surface area contributed by atoms with Gasteiger partial charge in [0.15, 0.2) is 0 Å². The normalized spacial score (nSPS) is 39.8. The molecule has 10 heteroatoms. The Morgan fingerprint density at radius 3 is 1.11 bits per heavy atom. The van der Waals surface area contributed by atoms with Crippen molar-refractivity contribution < 1.29 is 28.8 Å². The van der Waals surface area contributed by atoms with Crippen molar-refractivity contribution in [2.24, 2.45) is 47.3 Å². The Balaban J connectivity index is 0.931. The van der Waals surface area contributed by atoms with E-state index in [1.807, 2.05) is 24.3 Å². The summed E-state index contributed by atoms with van der Waals surface area (Å²) in [5.41, 5.74) is 0. The molecular weight excluding hydrogens is 464 g/mol. The van der Waals surface area contributed by atoms with Crippen molar-refractivity contribution >= 4 is 35.4 Å². The first-order valence-electron chi connectivity index (χ1n) is 13.0. The maximum Gasteiger partial charge on any atom is 0.242 e. The van der Waals surface area contributed by atoms with Crippen LogP contribution < -0.4 is 0 Å². The van der Waals surface area contributed by atoms with Gasteiger partial charge in [0, 0.05) is 26.2 Å². The molecule has 7 rings (SSSR count). The molecule has 0 N–H and O–H groups in total. The summed E-state index contributed by atoms with van der Waals surface area (Å²) < 4.78 is 0. The minimum absolute atomic E-state index is 0.103. The first-order chi connectivity index (χ1) is 17.3. The summed E-state index contributed by atoms with van der Waals surface area (Å²) in [6.45, 7) is 0.606.